The molecule has 4 aromatic heterocycles. The molecule has 0 aromatic carbocycles. The summed E-state index contributed by atoms with van der Waals surface area (Å²) in [4.78, 5) is 25.0. The number of hydrogen-bond acceptors (Lipinski definition) is 7. The number of nitrogens with zero attached hydrogens (tertiary/aromatic N) is 5. The van der Waals surface area contributed by atoms with Crippen molar-refractivity contribution in [3.63, 3.8) is 0 Å². The van der Waals surface area contributed by atoms with E-state index in [4.69, 9.17) is 4.74 Å². The molecule has 9 heteroatoms. The maximum Gasteiger partial charge on any atom is 0.261 e. The molecule has 0 aliphatic carbocycles. The zero-order chi connectivity index (χ0) is 17.2. The van der Waals surface area contributed by atoms with Crippen molar-refractivity contribution in [2.24, 2.45) is 0 Å². The van der Waals surface area contributed by atoms with Gasteiger partial charge in [0, 0.05) is 11.6 Å². The van der Waals surface area contributed by atoms with Crippen LogP contribution < -0.4 is 10.1 Å². The van der Waals surface area contributed by atoms with E-state index >= 15 is 0 Å². The van der Waals surface area contributed by atoms with Gasteiger partial charge in [0.1, 0.15) is 17.8 Å². The van der Waals surface area contributed by atoms with E-state index in [9.17, 15) is 4.79 Å². The minimum atomic E-state index is -0.330. The summed E-state index contributed by atoms with van der Waals surface area (Å²) < 4.78 is 7.25. The molecule has 0 aliphatic rings. The van der Waals surface area contributed by atoms with Crippen LogP contribution in [0, 0.1) is 6.92 Å². The molecule has 25 heavy (non-hydrogen) atoms. The Morgan fingerprint density at radius 2 is 2.28 bits per heavy atom. The number of carbonyl (C=O) groups excluding carboxylic acids is 1. The SMILES string of the molecule is Cc1csc(NC(=O)c2cc(Oc3cccnc3)cn3ncnc23)n1. The van der Waals surface area contributed by atoms with Crippen molar-refractivity contribution in [3.8, 4) is 11.5 Å². The van der Waals surface area contributed by atoms with Crippen LogP contribution in [0.2, 0.25) is 0 Å². The summed E-state index contributed by atoms with van der Waals surface area (Å²) in [6.45, 7) is 1.87. The Balaban J connectivity index is 1.69. The molecule has 4 heterocycles. The number of thiazole rings is 1. The second-order valence-corrected chi connectivity index (χ2v) is 6.01. The van der Waals surface area contributed by atoms with E-state index in [0.29, 0.717) is 27.8 Å². The highest BCUT2D eigenvalue weighted by Gasteiger charge is 2.16. The number of hydrogen-bond donors (Lipinski definition) is 1. The molecule has 0 spiro atoms. The van der Waals surface area contributed by atoms with Gasteiger partial charge in [-0.2, -0.15) is 5.10 Å². The molecule has 0 unspecified atom stereocenters. The monoisotopic (exact) mass is 352 g/mol. The van der Waals surface area contributed by atoms with Gasteiger partial charge in [0.25, 0.3) is 5.91 Å². The van der Waals surface area contributed by atoms with Gasteiger partial charge in [-0.15, -0.1) is 11.3 Å². The molecular formula is C16H12N6O2S. The minimum Gasteiger partial charge on any atom is -0.454 e. The quantitative estimate of drug-likeness (QED) is 0.607. The van der Waals surface area contributed by atoms with Gasteiger partial charge in [0.05, 0.1) is 23.7 Å². The van der Waals surface area contributed by atoms with Gasteiger partial charge in [-0.25, -0.2) is 14.5 Å². The lowest BCUT2D eigenvalue weighted by Crippen LogP contribution is -2.14. The van der Waals surface area contributed by atoms with Crippen LogP contribution in [-0.2, 0) is 0 Å². The van der Waals surface area contributed by atoms with Crippen molar-refractivity contribution in [1.29, 1.82) is 0 Å². The van der Waals surface area contributed by atoms with Crippen molar-refractivity contribution >= 4 is 28.0 Å². The van der Waals surface area contributed by atoms with Crippen molar-refractivity contribution < 1.29 is 9.53 Å². The average Bonchev–Trinajstić information content (AvgIpc) is 3.23. The number of anilines is 1. The fourth-order valence-corrected chi connectivity index (χ4v) is 2.93. The Hall–Kier alpha value is -3.33. The molecule has 0 saturated heterocycles. The zero-order valence-corrected chi connectivity index (χ0v) is 13.9. The summed E-state index contributed by atoms with van der Waals surface area (Å²) in [5.41, 5.74) is 1.62. The van der Waals surface area contributed by atoms with Crippen LogP contribution in [0.15, 0.2) is 48.5 Å². The number of rotatable bonds is 4. The Morgan fingerprint density at radius 1 is 1.36 bits per heavy atom. The number of nitrogens with one attached hydrogen (secondary N) is 1. The highest BCUT2D eigenvalue weighted by Crippen LogP contribution is 2.24. The molecule has 0 saturated carbocycles. The normalized spacial score (nSPS) is 10.8. The van der Waals surface area contributed by atoms with Gasteiger partial charge in [0.15, 0.2) is 10.8 Å². The first-order chi connectivity index (χ1) is 12.2. The van der Waals surface area contributed by atoms with Gasteiger partial charge in [-0.1, -0.05) is 0 Å². The summed E-state index contributed by atoms with van der Waals surface area (Å²) in [5.74, 6) is 0.680. The van der Waals surface area contributed by atoms with Crippen molar-refractivity contribution in [1.82, 2.24) is 24.6 Å². The lowest BCUT2D eigenvalue weighted by Gasteiger charge is -2.08. The van der Waals surface area contributed by atoms with Gasteiger partial charge in [-0.3, -0.25) is 15.1 Å². The van der Waals surface area contributed by atoms with E-state index in [1.54, 1.807) is 36.8 Å². The molecule has 0 aliphatic heterocycles. The van der Waals surface area contributed by atoms with Crippen LogP contribution in [0.3, 0.4) is 0 Å². The van der Waals surface area contributed by atoms with Gasteiger partial charge in [-0.05, 0) is 25.1 Å². The number of carbonyl (C=O) groups is 1. The van der Waals surface area contributed by atoms with E-state index in [1.807, 2.05) is 12.3 Å². The molecule has 0 atom stereocenters. The Morgan fingerprint density at radius 3 is 3.04 bits per heavy atom. The molecule has 1 N–H and O–H groups in total. The summed E-state index contributed by atoms with van der Waals surface area (Å²) in [6.07, 6.45) is 6.28. The first-order valence-electron chi connectivity index (χ1n) is 7.34. The maximum atomic E-state index is 12.6. The van der Waals surface area contributed by atoms with Gasteiger partial charge >= 0.3 is 0 Å². The van der Waals surface area contributed by atoms with Crippen molar-refractivity contribution in [2.75, 3.05) is 5.32 Å². The molecule has 0 fully saturated rings. The topological polar surface area (TPSA) is 94.3 Å². The molecule has 0 bridgehead atoms. The highest BCUT2D eigenvalue weighted by atomic mass is 32.1. The largest absolute Gasteiger partial charge is 0.454 e. The van der Waals surface area contributed by atoms with Crippen molar-refractivity contribution in [3.05, 3.63) is 59.8 Å². The number of ether oxygens (including phenoxy) is 1. The minimum absolute atomic E-state index is 0.330. The van der Waals surface area contributed by atoms with Gasteiger partial charge in [0.2, 0.25) is 0 Å². The lowest BCUT2D eigenvalue weighted by molar-refractivity contribution is 0.102. The Kier molecular flexibility index (Phi) is 3.82. The third-order valence-electron chi connectivity index (χ3n) is 3.30. The van der Waals surface area contributed by atoms with E-state index in [-0.39, 0.29) is 5.91 Å². The van der Waals surface area contributed by atoms with Gasteiger partial charge < -0.3 is 4.74 Å². The van der Waals surface area contributed by atoms with Crippen molar-refractivity contribution in [2.45, 2.75) is 6.92 Å². The lowest BCUT2D eigenvalue weighted by atomic mass is 10.2. The molecule has 4 rings (SSSR count). The first-order valence-corrected chi connectivity index (χ1v) is 8.22. The number of aromatic nitrogens is 5. The third-order valence-corrected chi connectivity index (χ3v) is 4.18. The summed E-state index contributed by atoms with van der Waals surface area (Å²) in [5, 5.41) is 9.26. The van der Waals surface area contributed by atoms with Crippen LogP contribution >= 0.6 is 11.3 Å². The predicted octanol–water partition coefficient (Wildman–Crippen LogP) is 2.93. The molecular weight excluding hydrogens is 340 g/mol. The fraction of sp³-hybridized carbons (Fsp3) is 0.0625. The van der Waals surface area contributed by atoms with E-state index in [1.165, 1.54) is 22.2 Å². The summed E-state index contributed by atoms with van der Waals surface area (Å²) in [6, 6.07) is 5.16. The molecule has 8 nitrogen and oxygen atoms in total. The smallest absolute Gasteiger partial charge is 0.261 e. The second kappa shape index (κ2) is 6.29. The molecule has 1 amide bonds. The second-order valence-electron chi connectivity index (χ2n) is 5.16. The van der Waals surface area contributed by atoms with Crippen LogP contribution in [-0.4, -0.2) is 30.5 Å². The predicted molar refractivity (Wildman–Crippen MR) is 92.1 cm³/mol. The number of aryl methyl sites for hydroxylation is 1. The van der Waals surface area contributed by atoms with E-state index in [2.05, 4.69) is 25.4 Å². The summed E-state index contributed by atoms with van der Waals surface area (Å²) in [7, 11) is 0. The van der Waals surface area contributed by atoms with Crippen LogP contribution in [0.4, 0.5) is 5.13 Å². The average molecular weight is 352 g/mol. The fourth-order valence-electron chi connectivity index (χ4n) is 2.24. The van der Waals surface area contributed by atoms with E-state index in [0.717, 1.165) is 5.69 Å². The molecule has 4 aromatic rings. The number of pyridine rings is 2. The van der Waals surface area contributed by atoms with E-state index < -0.39 is 0 Å². The zero-order valence-electron chi connectivity index (χ0n) is 13.1. The van der Waals surface area contributed by atoms with Crippen LogP contribution in [0.25, 0.3) is 5.65 Å². The Bertz CT molecular complexity index is 1040. The molecule has 0 radical (unpaired) electrons. The summed E-state index contributed by atoms with van der Waals surface area (Å²) >= 11 is 1.36. The van der Waals surface area contributed by atoms with Crippen LogP contribution in [0.5, 0.6) is 11.5 Å². The third kappa shape index (κ3) is 3.17. The molecule has 124 valence electrons. The number of fused-ring (bicyclic) bond motifs is 1. The number of amides is 1. The first kappa shape index (κ1) is 15.2. The Labute approximate surface area is 146 Å². The standard InChI is InChI=1S/C16H12N6O2S/c1-10-8-25-16(20-10)21-15(23)13-5-12(7-22-14(13)18-9-19-22)24-11-3-2-4-17-6-11/h2-9H,1H3,(H,20,21,23). The maximum absolute atomic E-state index is 12.6. The highest BCUT2D eigenvalue weighted by molar-refractivity contribution is 7.13. The van der Waals surface area contributed by atoms with Crippen LogP contribution in [0.1, 0.15) is 16.1 Å².